The average Bonchev–Trinajstić information content (AvgIpc) is 2.44. The summed E-state index contributed by atoms with van der Waals surface area (Å²) in [5.74, 6) is 0.707. The Balaban J connectivity index is 2.14. The van der Waals surface area contributed by atoms with Gasteiger partial charge in [-0.3, -0.25) is 0 Å². The summed E-state index contributed by atoms with van der Waals surface area (Å²) >= 11 is 5.26. The highest BCUT2D eigenvalue weighted by Gasteiger charge is 2.30. The minimum absolute atomic E-state index is 0.353. The summed E-state index contributed by atoms with van der Waals surface area (Å²) in [5.41, 5.74) is 2.11. The highest BCUT2D eigenvalue weighted by atomic mass is 35.5. The van der Waals surface area contributed by atoms with Gasteiger partial charge in [0.25, 0.3) is 0 Å². The van der Waals surface area contributed by atoms with E-state index in [0.29, 0.717) is 11.5 Å². The number of hydrogen-bond donors (Lipinski definition) is 0. The monoisotopic (exact) mass is 312 g/mol. The van der Waals surface area contributed by atoms with Crippen LogP contribution in [0.25, 0.3) is 0 Å². The Morgan fingerprint density at radius 2 is 1.15 bits per heavy atom. The van der Waals surface area contributed by atoms with Gasteiger partial charge in [0, 0.05) is 0 Å². The van der Waals surface area contributed by atoms with E-state index in [-0.39, 0.29) is 0 Å². The fourth-order valence-electron chi connectivity index (χ4n) is 1.50. The maximum absolute atomic E-state index is 12.3. The molecule has 0 radical (unpaired) electrons. The van der Waals surface area contributed by atoms with Gasteiger partial charge in [-0.25, -0.2) is 4.57 Å². The fraction of sp³-hybridized carbons (Fsp3) is 0.143. The predicted octanol–water partition coefficient (Wildman–Crippen LogP) is 5.04. The third-order valence-corrected chi connectivity index (χ3v) is 4.11. The molecule has 0 aliphatic carbocycles. The largest absolute Gasteiger partial charge is 0.604 e. The molecule has 0 amide bonds. The molecule has 20 heavy (non-hydrogen) atoms. The molecular weight excluding hydrogens is 299 g/mol. The summed E-state index contributed by atoms with van der Waals surface area (Å²) in [6, 6.07) is 13.9. The Morgan fingerprint density at radius 3 is 1.45 bits per heavy atom. The van der Waals surface area contributed by atoms with Crippen LogP contribution in [0.3, 0.4) is 0 Å². The number of aryl methyl sites for hydroxylation is 2. The molecule has 0 aromatic heterocycles. The Morgan fingerprint density at radius 1 is 0.800 bits per heavy atom. The van der Waals surface area contributed by atoms with Crippen molar-refractivity contribution in [2.45, 2.75) is 13.8 Å². The first-order chi connectivity index (χ1) is 9.50. The minimum atomic E-state index is -3.91. The number of phosphoric ester groups is 1. The topological polar surface area (TPSA) is 44.8 Å². The Hall–Kier alpha value is -1.48. The van der Waals surface area contributed by atoms with Crippen molar-refractivity contribution in [3.63, 3.8) is 0 Å². The van der Waals surface area contributed by atoms with Gasteiger partial charge in [0.1, 0.15) is 11.5 Å². The molecule has 2 rings (SSSR count). The van der Waals surface area contributed by atoms with Gasteiger partial charge in [-0.2, -0.15) is 4.08 Å². The first kappa shape index (κ1) is 14.9. The zero-order valence-electron chi connectivity index (χ0n) is 11.1. The maximum atomic E-state index is 12.3. The molecule has 0 spiro atoms. The molecule has 6 heteroatoms. The standard InChI is InChI=1S/C14H14ClO4P/c1-11-3-7-13(8-4-11)17-20(16,19-15)18-14-9-5-12(2)6-10-14/h3-10H,1-2H3. The predicted molar refractivity (Wildman–Crippen MR) is 78.2 cm³/mol. The molecule has 0 fully saturated rings. The van der Waals surface area contributed by atoms with Crippen molar-refractivity contribution in [1.29, 1.82) is 0 Å². The first-order valence-electron chi connectivity index (χ1n) is 5.94. The van der Waals surface area contributed by atoms with Crippen LogP contribution in [0.15, 0.2) is 48.5 Å². The number of benzene rings is 2. The van der Waals surface area contributed by atoms with E-state index in [9.17, 15) is 4.57 Å². The molecule has 0 aliphatic rings. The van der Waals surface area contributed by atoms with Crippen LogP contribution < -0.4 is 9.05 Å². The zero-order valence-corrected chi connectivity index (χ0v) is 12.7. The molecule has 0 aliphatic heterocycles. The number of rotatable bonds is 5. The van der Waals surface area contributed by atoms with Gasteiger partial charge in [0.15, 0.2) is 0 Å². The highest BCUT2D eigenvalue weighted by molar-refractivity contribution is 7.50. The van der Waals surface area contributed by atoms with Gasteiger partial charge < -0.3 is 9.05 Å². The van der Waals surface area contributed by atoms with Crippen molar-refractivity contribution in [2.24, 2.45) is 0 Å². The lowest BCUT2D eigenvalue weighted by atomic mass is 10.2. The van der Waals surface area contributed by atoms with E-state index in [1.807, 2.05) is 38.1 Å². The number of phosphoric acid groups is 1. The molecule has 2 aromatic rings. The van der Waals surface area contributed by atoms with E-state index >= 15 is 0 Å². The first-order valence-corrected chi connectivity index (χ1v) is 7.70. The van der Waals surface area contributed by atoms with E-state index in [1.54, 1.807) is 24.3 Å². The molecular formula is C14H14ClO4P. The van der Waals surface area contributed by atoms with Crippen LogP contribution in [0.5, 0.6) is 11.5 Å². The molecule has 0 saturated heterocycles. The Labute approximate surface area is 123 Å². The molecule has 0 unspecified atom stereocenters. The summed E-state index contributed by atoms with van der Waals surface area (Å²) < 4.78 is 27.1. The smallest absolute Gasteiger partial charge is 0.394 e. The van der Waals surface area contributed by atoms with Crippen molar-refractivity contribution >= 4 is 19.7 Å². The molecule has 0 N–H and O–H groups in total. The highest BCUT2D eigenvalue weighted by Crippen LogP contribution is 2.50. The average molecular weight is 313 g/mol. The van der Waals surface area contributed by atoms with Crippen molar-refractivity contribution in [1.82, 2.24) is 0 Å². The van der Waals surface area contributed by atoms with E-state index in [0.717, 1.165) is 11.1 Å². The van der Waals surface area contributed by atoms with Crippen LogP contribution in [0.4, 0.5) is 0 Å². The number of halogens is 1. The van der Waals surface area contributed by atoms with Gasteiger partial charge in [-0.15, -0.1) is 0 Å². The lowest BCUT2D eigenvalue weighted by Crippen LogP contribution is -2.01. The second-order valence-electron chi connectivity index (χ2n) is 4.32. The van der Waals surface area contributed by atoms with Crippen molar-refractivity contribution < 1.29 is 17.7 Å². The van der Waals surface area contributed by atoms with Crippen LogP contribution in [0, 0.1) is 13.8 Å². The Kier molecular flexibility index (Phi) is 4.71. The maximum Gasteiger partial charge on any atom is 0.604 e. The molecule has 0 atom stereocenters. The third kappa shape index (κ3) is 4.01. The SMILES string of the molecule is Cc1ccc(OP(=O)(OCl)Oc2ccc(C)cc2)cc1. The van der Waals surface area contributed by atoms with Crippen LogP contribution >= 0.6 is 19.7 Å². The number of hydrogen-bond acceptors (Lipinski definition) is 4. The molecule has 0 saturated carbocycles. The summed E-state index contributed by atoms with van der Waals surface area (Å²) in [6.45, 7) is 3.87. The lowest BCUT2D eigenvalue weighted by molar-refractivity contribution is 0.308. The molecule has 4 nitrogen and oxygen atoms in total. The van der Waals surface area contributed by atoms with Crippen LogP contribution in [0.2, 0.25) is 0 Å². The van der Waals surface area contributed by atoms with Gasteiger partial charge in [0.05, 0.1) is 11.9 Å². The normalized spacial score (nSPS) is 11.2. The van der Waals surface area contributed by atoms with Crippen LogP contribution in [-0.2, 0) is 8.64 Å². The van der Waals surface area contributed by atoms with Crippen LogP contribution in [0.1, 0.15) is 11.1 Å². The second-order valence-corrected chi connectivity index (χ2v) is 6.14. The molecule has 0 heterocycles. The third-order valence-electron chi connectivity index (χ3n) is 2.56. The van der Waals surface area contributed by atoms with Crippen molar-refractivity contribution in [2.75, 3.05) is 0 Å². The van der Waals surface area contributed by atoms with E-state index in [1.165, 1.54) is 0 Å². The summed E-state index contributed by atoms with van der Waals surface area (Å²) in [4.78, 5) is 0. The van der Waals surface area contributed by atoms with E-state index in [2.05, 4.69) is 4.08 Å². The molecule has 2 aromatic carbocycles. The van der Waals surface area contributed by atoms with Crippen molar-refractivity contribution in [3.8, 4) is 11.5 Å². The van der Waals surface area contributed by atoms with E-state index < -0.39 is 7.82 Å². The van der Waals surface area contributed by atoms with E-state index in [4.69, 9.17) is 20.9 Å². The van der Waals surface area contributed by atoms with Gasteiger partial charge in [0.2, 0.25) is 0 Å². The minimum Gasteiger partial charge on any atom is -0.394 e. The summed E-state index contributed by atoms with van der Waals surface area (Å²) in [7, 11) is -3.91. The van der Waals surface area contributed by atoms with Crippen LogP contribution in [-0.4, -0.2) is 0 Å². The van der Waals surface area contributed by atoms with Crippen molar-refractivity contribution in [3.05, 3.63) is 59.7 Å². The Bertz CT molecular complexity index is 559. The van der Waals surface area contributed by atoms with Gasteiger partial charge >= 0.3 is 7.82 Å². The summed E-state index contributed by atoms with van der Waals surface area (Å²) in [5, 5.41) is 0. The lowest BCUT2D eigenvalue weighted by Gasteiger charge is -2.15. The quantitative estimate of drug-likeness (QED) is 0.725. The fourth-order valence-corrected chi connectivity index (χ4v) is 2.53. The van der Waals surface area contributed by atoms with Gasteiger partial charge in [-0.1, -0.05) is 35.4 Å². The molecule has 106 valence electrons. The second kappa shape index (κ2) is 6.31. The zero-order chi connectivity index (χ0) is 14.6. The summed E-state index contributed by atoms with van der Waals surface area (Å²) in [6.07, 6.45) is 0. The molecule has 0 bridgehead atoms. The van der Waals surface area contributed by atoms with Gasteiger partial charge in [-0.05, 0) is 38.1 Å².